The van der Waals surface area contributed by atoms with E-state index in [0.29, 0.717) is 18.2 Å². The molecule has 0 saturated carbocycles. The van der Waals surface area contributed by atoms with Gasteiger partial charge in [0.1, 0.15) is 5.82 Å². The van der Waals surface area contributed by atoms with E-state index in [1.807, 2.05) is 63.2 Å². The number of carbonyl (C=O) groups is 1. The van der Waals surface area contributed by atoms with E-state index in [9.17, 15) is 4.79 Å². The van der Waals surface area contributed by atoms with Crippen molar-refractivity contribution in [2.75, 3.05) is 7.11 Å². The Balaban J connectivity index is 1.46. The summed E-state index contributed by atoms with van der Waals surface area (Å²) in [6, 6.07) is 18.1. The van der Waals surface area contributed by atoms with Crippen molar-refractivity contribution in [3.63, 3.8) is 0 Å². The molecular formula is C30H30N4O3. The number of nitrogens with one attached hydrogen (secondary N) is 1. The van der Waals surface area contributed by atoms with Gasteiger partial charge in [-0.3, -0.25) is 4.79 Å². The maximum absolute atomic E-state index is 12.2. The highest BCUT2D eigenvalue weighted by Gasteiger charge is 2.29. The Morgan fingerprint density at radius 1 is 0.946 bits per heavy atom. The number of methoxy groups -OCH3 is 1. The number of rotatable bonds is 6. The molecule has 0 aliphatic rings. The van der Waals surface area contributed by atoms with E-state index in [0.717, 1.165) is 55.8 Å². The van der Waals surface area contributed by atoms with Gasteiger partial charge in [0.05, 0.1) is 23.6 Å². The second kappa shape index (κ2) is 9.32. The number of benzene rings is 3. The quantitative estimate of drug-likeness (QED) is 0.267. The van der Waals surface area contributed by atoms with Crippen molar-refractivity contribution in [1.29, 1.82) is 0 Å². The lowest BCUT2D eigenvalue weighted by atomic mass is 9.84. The van der Waals surface area contributed by atoms with E-state index in [1.165, 1.54) is 7.11 Å². The van der Waals surface area contributed by atoms with Crippen LogP contribution in [0, 0.1) is 26.2 Å². The monoisotopic (exact) mass is 494 g/mol. The number of nitrogens with zero attached hydrogens (tertiary/aromatic N) is 3. The lowest BCUT2D eigenvalue weighted by molar-refractivity contribution is -0.150. The van der Waals surface area contributed by atoms with E-state index < -0.39 is 5.41 Å². The summed E-state index contributed by atoms with van der Waals surface area (Å²) in [5.74, 6) is 1.54. The van der Waals surface area contributed by atoms with Crippen molar-refractivity contribution < 1.29 is 13.9 Å². The molecule has 5 rings (SSSR count). The van der Waals surface area contributed by atoms with Crippen molar-refractivity contribution in [3.05, 3.63) is 76.9 Å². The summed E-state index contributed by atoms with van der Waals surface area (Å²) in [5.41, 5.74) is 8.30. The molecule has 7 nitrogen and oxygen atoms in total. The minimum atomic E-state index is -0.598. The Bertz CT molecular complexity index is 1600. The largest absolute Gasteiger partial charge is 0.469 e. The van der Waals surface area contributed by atoms with Crippen LogP contribution in [-0.2, 0) is 16.0 Å². The SMILES string of the molecule is COC(=O)C(C)(C)Cc1cc(C)c(-c2nc3ccc(-c4nnc(-c5ccccc5C)o4)cc3[nH]2)c(C)c1. The molecule has 5 aromatic rings. The Hall–Kier alpha value is -4.26. The third kappa shape index (κ3) is 4.65. The fourth-order valence-corrected chi connectivity index (χ4v) is 4.91. The Kier molecular flexibility index (Phi) is 6.15. The first-order chi connectivity index (χ1) is 17.7. The first-order valence-electron chi connectivity index (χ1n) is 12.2. The molecule has 188 valence electrons. The predicted molar refractivity (Wildman–Crippen MR) is 144 cm³/mol. The average Bonchev–Trinajstić information content (AvgIpc) is 3.50. The summed E-state index contributed by atoms with van der Waals surface area (Å²) in [4.78, 5) is 20.5. The number of hydrogen-bond acceptors (Lipinski definition) is 6. The number of carbonyl (C=O) groups excluding carboxylic acids is 1. The van der Waals surface area contributed by atoms with E-state index >= 15 is 0 Å². The zero-order valence-electron chi connectivity index (χ0n) is 22.0. The lowest BCUT2D eigenvalue weighted by Crippen LogP contribution is -2.28. The van der Waals surface area contributed by atoms with E-state index in [-0.39, 0.29) is 5.97 Å². The third-order valence-corrected chi connectivity index (χ3v) is 6.74. The standard InChI is InChI=1S/C30H30N4O3/c1-17-9-7-8-10-22(17)28-34-33-27(37-28)21-11-12-23-24(15-21)32-26(31-23)25-18(2)13-20(14-19(25)3)16-30(4,5)29(35)36-6/h7-15H,16H2,1-6H3,(H,31,32). The molecule has 1 N–H and O–H groups in total. The lowest BCUT2D eigenvalue weighted by Gasteiger charge is -2.22. The van der Waals surface area contributed by atoms with Crippen LogP contribution >= 0.6 is 0 Å². The Morgan fingerprint density at radius 3 is 2.35 bits per heavy atom. The van der Waals surface area contributed by atoms with E-state index in [4.69, 9.17) is 14.1 Å². The summed E-state index contributed by atoms with van der Waals surface area (Å²) in [5, 5.41) is 8.54. The summed E-state index contributed by atoms with van der Waals surface area (Å²) < 4.78 is 11.0. The van der Waals surface area contributed by atoms with Crippen molar-refractivity contribution in [2.45, 2.75) is 41.0 Å². The van der Waals surface area contributed by atoms with Gasteiger partial charge in [-0.15, -0.1) is 10.2 Å². The predicted octanol–water partition coefficient (Wildman–Crippen LogP) is 6.61. The van der Waals surface area contributed by atoms with Crippen molar-refractivity contribution in [1.82, 2.24) is 20.2 Å². The van der Waals surface area contributed by atoms with Crippen molar-refractivity contribution in [3.8, 4) is 34.3 Å². The maximum Gasteiger partial charge on any atom is 0.311 e. The van der Waals surface area contributed by atoms with Crippen LogP contribution in [0.1, 0.15) is 36.1 Å². The molecular weight excluding hydrogens is 464 g/mol. The molecule has 0 saturated heterocycles. The Morgan fingerprint density at radius 2 is 1.65 bits per heavy atom. The molecule has 3 aromatic carbocycles. The second-order valence-electron chi connectivity index (χ2n) is 10.2. The van der Waals surface area contributed by atoms with Gasteiger partial charge in [0.2, 0.25) is 11.8 Å². The average molecular weight is 495 g/mol. The van der Waals surface area contributed by atoms with E-state index in [1.54, 1.807) is 0 Å². The zero-order chi connectivity index (χ0) is 26.3. The number of esters is 1. The minimum Gasteiger partial charge on any atom is -0.469 e. The fraction of sp³-hybridized carbons (Fsp3) is 0.267. The number of imidazole rings is 1. The number of hydrogen-bond donors (Lipinski definition) is 1. The molecule has 7 heteroatoms. The molecule has 0 fully saturated rings. The summed E-state index contributed by atoms with van der Waals surface area (Å²) in [6.45, 7) is 9.97. The zero-order valence-corrected chi connectivity index (χ0v) is 22.0. The van der Waals surface area contributed by atoms with Crippen LogP contribution < -0.4 is 0 Å². The van der Waals surface area contributed by atoms with Gasteiger partial charge in [0, 0.05) is 16.7 Å². The number of H-pyrrole nitrogens is 1. The Labute approximate surface area is 215 Å². The van der Waals surface area contributed by atoms with Crippen LogP contribution in [0.15, 0.2) is 59.0 Å². The minimum absolute atomic E-state index is 0.216. The van der Waals surface area contributed by atoms with Gasteiger partial charge >= 0.3 is 5.97 Å². The highest BCUT2D eigenvalue weighted by Crippen LogP contribution is 2.33. The number of ether oxygens (including phenoxy) is 1. The van der Waals surface area contributed by atoms with Gasteiger partial charge in [-0.05, 0) is 87.6 Å². The smallest absolute Gasteiger partial charge is 0.311 e. The van der Waals surface area contributed by atoms with Gasteiger partial charge in [-0.1, -0.05) is 30.3 Å². The fourth-order valence-electron chi connectivity index (χ4n) is 4.91. The highest BCUT2D eigenvalue weighted by atomic mass is 16.5. The molecule has 0 unspecified atom stereocenters. The van der Waals surface area contributed by atoms with Crippen molar-refractivity contribution >= 4 is 17.0 Å². The van der Waals surface area contributed by atoms with Gasteiger partial charge in [0.15, 0.2) is 0 Å². The van der Waals surface area contributed by atoms with Gasteiger partial charge in [0.25, 0.3) is 0 Å². The molecule has 37 heavy (non-hydrogen) atoms. The van der Waals surface area contributed by atoms with Crippen LogP contribution in [0.25, 0.3) is 45.3 Å². The highest BCUT2D eigenvalue weighted by molar-refractivity contribution is 5.84. The van der Waals surface area contributed by atoms with Gasteiger partial charge < -0.3 is 14.1 Å². The van der Waals surface area contributed by atoms with Crippen LogP contribution in [0.3, 0.4) is 0 Å². The first kappa shape index (κ1) is 24.4. The number of fused-ring (bicyclic) bond motifs is 1. The molecule has 2 aromatic heterocycles. The maximum atomic E-state index is 12.2. The second-order valence-corrected chi connectivity index (χ2v) is 10.2. The summed E-state index contributed by atoms with van der Waals surface area (Å²) in [6.07, 6.45) is 0.597. The molecule has 2 heterocycles. The number of aryl methyl sites for hydroxylation is 3. The molecule has 0 bridgehead atoms. The molecule has 0 amide bonds. The normalized spacial score (nSPS) is 11.7. The number of aromatic nitrogens is 4. The molecule has 0 radical (unpaired) electrons. The van der Waals surface area contributed by atoms with Gasteiger partial charge in [-0.25, -0.2) is 4.98 Å². The van der Waals surface area contributed by atoms with Crippen LogP contribution in [0.5, 0.6) is 0 Å². The molecule has 0 aliphatic carbocycles. The summed E-state index contributed by atoms with van der Waals surface area (Å²) >= 11 is 0. The first-order valence-corrected chi connectivity index (χ1v) is 12.2. The van der Waals surface area contributed by atoms with Crippen molar-refractivity contribution in [2.24, 2.45) is 5.41 Å². The van der Waals surface area contributed by atoms with Crippen LogP contribution in [0.4, 0.5) is 0 Å². The van der Waals surface area contributed by atoms with Crippen LogP contribution in [-0.4, -0.2) is 33.2 Å². The van der Waals surface area contributed by atoms with Crippen LogP contribution in [0.2, 0.25) is 0 Å². The number of aromatic amines is 1. The third-order valence-electron chi connectivity index (χ3n) is 6.74. The topological polar surface area (TPSA) is 93.9 Å². The molecule has 0 spiro atoms. The van der Waals surface area contributed by atoms with Gasteiger partial charge in [-0.2, -0.15) is 0 Å². The molecule has 0 atom stereocenters. The molecule has 0 aliphatic heterocycles. The van der Waals surface area contributed by atoms with E-state index in [2.05, 4.69) is 41.2 Å². The summed E-state index contributed by atoms with van der Waals surface area (Å²) in [7, 11) is 1.43.